The van der Waals surface area contributed by atoms with Crippen LogP contribution in [0.5, 0.6) is 0 Å². The van der Waals surface area contributed by atoms with E-state index in [9.17, 15) is 4.79 Å². The lowest BCUT2D eigenvalue weighted by atomic mass is 10.3. The van der Waals surface area contributed by atoms with Crippen LogP contribution in [0.1, 0.15) is 33.1 Å². The van der Waals surface area contributed by atoms with Crippen LogP contribution in [0.2, 0.25) is 12.1 Å². The van der Waals surface area contributed by atoms with E-state index in [1.807, 2.05) is 0 Å². The molecule has 0 fully saturated rings. The van der Waals surface area contributed by atoms with Gasteiger partial charge in [-0.3, -0.25) is 0 Å². The predicted octanol–water partition coefficient (Wildman–Crippen LogP) is 2.71. The maximum atomic E-state index is 10.8. The molecule has 0 aliphatic heterocycles. The number of hydrogen-bond acceptors (Lipinski definition) is 3. The number of hydrogen-bond donors (Lipinski definition) is 0. The van der Waals surface area contributed by atoms with Gasteiger partial charge in [0, 0.05) is 18.9 Å². The second-order valence-electron chi connectivity index (χ2n) is 4.15. The smallest absolute Gasteiger partial charge is 0.330 e. The average molecular weight is 258 g/mol. The van der Waals surface area contributed by atoms with Gasteiger partial charge in [0.15, 0.2) is 0 Å². The summed E-state index contributed by atoms with van der Waals surface area (Å²) < 4.78 is 10.4. The van der Waals surface area contributed by atoms with E-state index in [1.165, 1.54) is 24.6 Å². The highest BCUT2D eigenvalue weighted by Gasteiger charge is 2.07. The van der Waals surface area contributed by atoms with E-state index in [1.54, 1.807) is 0 Å². The lowest BCUT2D eigenvalue weighted by molar-refractivity contribution is -0.137. The molecule has 1 unspecified atom stereocenters. The lowest BCUT2D eigenvalue weighted by Crippen LogP contribution is -2.19. The van der Waals surface area contributed by atoms with Gasteiger partial charge in [0.2, 0.25) is 0 Å². The maximum Gasteiger partial charge on any atom is 0.330 e. The molecule has 0 aromatic heterocycles. The largest absolute Gasteiger partial charge is 0.463 e. The molecule has 0 aliphatic carbocycles. The van der Waals surface area contributed by atoms with E-state index in [4.69, 9.17) is 9.47 Å². The molecule has 0 heterocycles. The number of unbranched alkanes of at least 4 members (excludes halogenated alkanes) is 2. The highest BCUT2D eigenvalue weighted by atomic mass is 28.3. The molecular weight excluding hydrogens is 232 g/mol. The number of esters is 1. The van der Waals surface area contributed by atoms with E-state index in [0.29, 0.717) is 6.61 Å². The summed E-state index contributed by atoms with van der Waals surface area (Å²) in [4.78, 5) is 10.8. The Labute approximate surface area is 107 Å². The van der Waals surface area contributed by atoms with Gasteiger partial charge in [-0.25, -0.2) is 4.79 Å². The van der Waals surface area contributed by atoms with Crippen molar-refractivity contribution in [2.24, 2.45) is 0 Å². The van der Waals surface area contributed by atoms with Gasteiger partial charge in [-0.2, -0.15) is 0 Å². The first-order valence-corrected chi connectivity index (χ1v) is 9.06. The van der Waals surface area contributed by atoms with Gasteiger partial charge in [-0.05, 0) is 13.3 Å². The molecule has 4 heteroatoms. The normalized spacial score (nSPS) is 12.1. The molecule has 0 aliphatic rings. The predicted molar refractivity (Wildman–Crippen MR) is 73.9 cm³/mol. The molecule has 0 bridgehead atoms. The highest BCUT2D eigenvalue weighted by molar-refractivity contribution is 6.58. The number of carbonyl (C=O) groups is 1. The monoisotopic (exact) mass is 258 g/mol. The van der Waals surface area contributed by atoms with Crippen molar-refractivity contribution in [1.29, 1.82) is 0 Å². The minimum atomic E-state index is -0.654. The van der Waals surface area contributed by atoms with Crippen LogP contribution < -0.4 is 0 Å². The van der Waals surface area contributed by atoms with Crippen molar-refractivity contribution < 1.29 is 14.3 Å². The van der Waals surface area contributed by atoms with Crippen LogP contribution in [-0.2, 0) is 14.3 Å². The van der Waals surface area contributed by atoms with Gasteiger partial charge in [0.25, 0.3) is 0 Å². The number of rotatable bonds is 11. The zero-order valence-electron chi connectivity index (χ0n) is 11.2. The summed E-state index contributed by atoms with van der Waals surface area (Å²) in [6.45, 7) is 9.03. The summed E-state index contributed by atoms with van der Waals surface area (Å²) in [5, 5.41) is 0. The van der Waals surface area contributed by atoms with Gasteiger partial charge in [-0.1, -0.05) is 38.4 Å². The molecule has 0 amide bonds. The minimum Gasteiger partial charge on any atom is -0.463 e. The zero-order chi connectivity index (χ0) is 12.9. The van der Waals surface area contributed by atoms with Gasteiger partial charge in [0.1, 0.15) is 0 Å². The third-order valence-corrected chi connectivity index (χ3v) is 5.89. The first-order valence-electron chi connectivity index (χ1n) is 6.61. The topological polar surface area (TPSA) is 35.5 Å². The number of carbonyl (C=O) groups excluding carboxylic acids is 1. The molecule has 17 heavy (non-hydrogen) atoms. The Morgan fingerprint density at radius 3 is 2.65 bits per heavy atom. The van der Waals surface area contributed by atoms with Crippen LogP contribution >= 0.6 is 0 Å². The van der Waals surface area contributed by atoms with E-state index in [-0.39, 0.29) is 5.97 Å². The molecular formula is C13H26O3Si. The van der Waals surface area contributed by atoms with Crippen LogP contribution in [0.4, 0.5) is 0 Å². The fourth-order valence-electron chi connectivity index (χ4n) is 1.63. The van der Waals surface area contributed by atoms with Crippen molar-refractivity contribution >= 4 is 14.8 Å². The maximum absolute atomic E-state index is 10.8. The second kappa shape index (κ2) is 11.9. The Morgan fingerprint density at radius 2 is 2.06 bits per heavy atom. The molecule has 0 aromatic rings. The Kier molecular flexibility index (Phi) is 11.4. The van der Waals surface area contributed by atoms with E-state index >= 15 is 0 Å². The molecule has 1 atom stereocenters. The van der Waals surface area contributed by atoms with Gasteiger partial charge in [0.05, 0.1) is 15.4 Å². The van der Waals surface area contributed by atoms with Gasteiger partial charge in [-0.15, -0.1) is 0 Å². The fraction of sp³-hybridized carbons (Fsp3) is 0.769. The van der Waals surface area contributed by atoms with Gasteiger partial charge >= 0.3 is 5.97 Å². The van der Waals surface area contributed by atoms with Gasteiger partial charge < -0.3 is 9.47 Å². The highest BCUT2D eigenvalue weighted by Crippen LogP contribution is 2.08. The van der Waals surface area contributed by atoms with Crippen molar-refractivity contribution in [1.82, 2.24) is 0 Å². The molecule has 3 nitrogen and oxygen atoms in total. The van der Waals surface area contributed by atoms with Crippen LogP contribution in [0, 0.1) is 0 Å². The van der Waals surface area contributed by atoms with Crippen molar-refractivity contribution in [3.05, 3.63) is 12.7 Å². The van der Waals surface area contributed by atoms with E-state index in [0.717, 1.165) is 25.7 Å². The summed E-state index contributed by atoms with van der Waals surface area (Å²) in [5.74, 6) is -0.317. The van der Waals surface area contributed by atoms with E-state index < -0.39 is 8.80 Å². The SMILES string of the molecule is C=CC(=O)OCCCCC[SiH](CC)COCC. The van der Waals surface area contributed by atoms with Crippen molar-refractivity contribution in [2.75, 3.05) is 19.4 Å². The average Bonchev–Trinajstić information content (AvgIpc) is 2.36. The van der Waals surface area contributed by atoms with Crippen molar-refractivity contribution in [2.45, 2.75) is 45.2 Å². The summed E-state index contributed by atoms with van der Waals surface area (Å²) in [6.07, 6.45) is 5.56. The minimum absolute atomic E-state index is 0.317. The molecule has 0 saturated heterocycles. The van der Waals surface area contributed by atoms with Crippen LogP contribution in [-0.4, -0.2) is 34.2 Å². The Morgan fingerprint density at radius 1 is 1.29 bits per heavy atom. The third kappa shape index (κ3) is 10.3. The van der Waals surface area contributed by atoms with Crippen LogP contribution in [0.3, 0.4) is 0 Å². The quantitative estimate of drug-likeness (QED) is 0.247. The molecule has 0 N–H and O–H groups in total. The second-order valence-corrected chi connectivity index (χ2v) is 7.61. The summed E-state index contributed by atoms with van der Waals surface area (Å²) >= 11 is 0. The Bertz CT molecular complexity index is 207. The first kappa shape index (κ1) is 16.4. The Balaban J connectivity index is 3.36. The van der Waals surface area contributed by atoms with E-state index in [2.05, 4.69) is 20.4 Å². The van der Waals surface area contributed by atoms with Crippen molar-refractivity contribution in [3.8, 4) is 0 Å². The summed E-state index contributed by atoms with van der Waals surface area (Å²) in [7, 11) is -0.654. The fourth-order valence-corrected chi connectivity index (χ4v) is 3.88. The summed E-state index contributed by atoms with van der Waals surface area (Å²) in [5.41, 5.74) is 0. The molecule has 0 aromatic carbocycles. The third-order valence-electron chi connectivity index (χ3n) is 2.80. The molecule has 0 radical (unpaired) electrons. The first-order chi connectivity index (χ1) is 8.24. The van der Waals surface area contributed by atoms with Crippen LogP contribution in [0.25, 0.3) is 0 Å². The summed E-state index contributed by atoms with van der Waals surface area (Å²) in [6, 6.07) is 2.65. The molecule has 0 spiro atoms. The number of ether oxygens (including phenoxy) is 2. The molecule has 100 valence electrons. The Hall–Kier alpha value is -0.613. The molecule has 0 saturated carbocycles. The lowest BCUT2D eigenvalue weighted by Gasteiger charge is -2.12. The standard InChI is InChI=1S/C13H26O3Si/c1-4-13(14)16-10-8-7-9-11-17(6-3)12-15-5-2/h4,17H,1,5-12H2,2-3H3. The van der Waals surface area contributed by atoms with Crippen molar-refractivity contribution in [3.63, 3.8) is 0 Å². The van der Waals surface area contributed by atoms with Crippen LogP contribution in [0.15, 0.2) is 12.7 Å². The zero-order valence-corrected chi connectivity index (χ0v) is 12.4. The molecule has 0 rings (SSSR count).